The van der Waals surface area contributed by atoms with Crippen LogP contribution in [0.15, 0.2) is 83.6 Å². The standard InChI is InChI=1S/C22H21NO4/c1-26-21(24)16-13-14-19(22(25)27-2)20(15-16)23(17-9-5-3-6-10-17)18-11-7-4-8-12-18/h3-12,15H,13-14H2,1-2H3. The summed E-state index contributed by atoms with van der Waals surface area (Å²) in [6, 6.07) is 19.4. The molecule has 2 aromatic rings. The van der Waals surface area contributed by atoms with E-state index in [4.69, 9.17) is 9.47 Å². The molecule has 0 amide bonds. The maximum atomic E-state index is 12.4. The fourth-order valence-corrected chi connectivity index (χ4v) is 3.11. The Morgan fingerprint density at radius 3 is 1.78 bits per heavy atom. The van der Waals surface area contributed by atoms with Crippen molar-refractivity contribution in [1.82, 2.24) is 0 Å². The summed E-state index contributed by atoms with van der Waals surface area (Å²) in [5, 5.41) is 0. The van der Waals surface area contributed by atoms with Crippen LogP contribution in [0.2, 0.25) is 0 Å². The first-order chi connectivity index (χ1) is 13.2. The molecule has 0 atom stereocenters. The summed E-state index contributed by atoms with van der Waals surface area (Å²) < 4.78 is 9.88. The fraction of sp³-hybridized carbons (Fsp3) is 0.182. The van der Waals surface area contributed by atoms with E-state index in [0.717, 1.165) is 11.4 Å². The minimum absolute atomic E-state index is 0.391. The minimum atomic E-state index is -0.401. The number of methoxy groups -OCH3 is 2. The first kappa shape index (κ1) is 18.5. The van der Waals surface area contributed by atoms with E-state index in [-0.39, 0.29) is 0 Å². The number of carbonyl (C=O) groups is 2. The van der Waals surface area contributed by atoms with Crippen LogP contribution >= 0.6 is 0 Å². The van der Waals surface area contributed by atoms with E-state index in [2.05, 4.69) is 0 Å². The van der Waals surface area contributed by atoms with Gasteiger partial charge < -0.3 is 14.4 Å². The molecule has 138 valence electrons. The Bertz CT molecular complexity index is 846. The van der Waals surface area contributed by atoms with Crippen LogP contribution in [0.5, 0.6) is 0 Å². The predicted molar refractivity (Wildman–Crippen MR) is 103 cm³/mol. The molecule has 0 bridgehead atoms. The summed E-state index contributed by atoms with van der Waals surface area (Å²) >= 11 is 0. The zero-order valence-electron chi connectivity index (χ0n) is 15.3. The monoisotopic (exact) mass is 363 g/mol. The van der Waals surface area contributed by atoms with Crippen LogP contribution in [0.25, 0.3) is 0 Å². The van der Waals surface area contributed by atoms with Crippen LogP contribution in [-0.4, -0.2) is 26.2 Å². The number of hydrogen-bond acceptors (Lipinski definition) is 5. The number of hydrogen-bond donors (Lipinski definition) is 0. The highest BCUT2D eigenvalue weighted by Gasteiger charge is 2.28. The Balaban J connectivity index is 2.22. The van der Waals surface area contributed by atoms with Gasteiger partial charge in [-0.3, -0.25) is 0 Å². The summed E-state index contributed by atoms with van der Waals surface area (Å²) in [4.78, 5) is 26.5. The topological polar surface area (TPSA) is 55.8 Å². The van der Waals surface area contributed by atoms with Gasteiger partial charge in [0.05, 0.1) is 25.5 Å². The number of nitrogens with zero attached hydrogens (tertiary/aromatic N) is 1. The van der Waals surface area contributed by atoms with Crippen molar-refractivity contribution >= 4 is 23.3 Å². The lowest BCUT2D eigenvalue weighted by Gasteiger charge is -2.30. The highest BCUT2D eigenvalue weighted by molar-refractivity contribution is 5.96. The third-order valence-corrected chi connectivity index (χ3v) is 4.41. The van der Waals surface area contributed by atoms with Gasteiger partial charge in [0, 0.05) is 16.9 Å². The predicted octanol–water partition coefficient (Wildman–Crippen LogP) is 4.15. The normalized spacial score (nSPS) is 13.6. The molecule has 0 unspecified atom stereocenters. The smallest absolute Gasteiger partial charge is 0.335 e. The third-order valence-electron chi connectivity index (χ3n) is 4.41. The molecular formula is C22H21NO4. The van der Waals surface area contributed by atoms with E-state index in [9.17, 15) is 9.59 Å². The molecule has 3 rings (SSSR count). The van der Waals surface area contributed by atoms with Gasteiger partial charge in [-0.25, -0.2) is 9.59 Å². The summed E-state index contributed by atoms with van der Waals surface area (Å²) in [7, 11) is 2.72. The van der Waals surface area contributed by atoms with Crippen LogP contribution in [0, 0.1) is 0 Å². The molecule has 27 heavy (non-hydrogen) atoms. The van der Waals surface area contributed by atoms with Crippen LogP contribution in [-0.2, 0) is 19.1 Å². The minimum Gasteiger partial charge on any atom is -0.466 e. The highest BCUT2D eigenvalue weighted by Crippen LogP contribution is 2.36. The Labute approximate surface area is 158 Å². The molecule has 1 aliphatic carbocycles. The number of benzene rings is 2. The van der Waals surface area contributed by atoms with Gasteiger partial charge in [-0.15, -0.1) is 0 Å². The lowest BCUT2D eigenvalue weighted by Crippen LogP contribution is -2.24. The van der Waals surface area contributed by atoms with Gasteiger partial charge in [-0.05, 0) is 43.2 Å². The number of anilines is 2. The summed E-state index contributed by atoms with van der Waals surface area (Å²) in [5.41, 5.74) is 3.42. The average molecular weight is 363 g/mol. The van der Waals surface area contributed by atoms with Crippen molar-refractivity contribution < 1.29 is 19.1 Å². The number of ether oxygens (including phenoxy) is 2. The van der Waals surface area contributed by atoms with Crippen molar-refractivity contribution in [1.29, 1.82) is 0 Å². The average Bonchev–Trinajstić information content (AvgIpc) is 2.74. The van der Waals surface area contributed by atoms with E-state index in [1.54, 1.807) is 6.08 Å². The Kier molecular flexibility index (Phi) is 5.71. The van der Waals surface area contributed by atoms with E-state index in [0.29, 0.717) is 29.7 Å². The molecule has 5 nitrogen and oxygen atoms in total. The molecular weight excluding hydrogens is 342 g/mol. The second-order valence-corrected chi connectivity index (χ2v) is 6.02. The molecule has 0 fully saturated rings. The molecule has 0 heterocycles. The number of carbonyl (C=O) groups excluding carboxylic acids is 2. The largest absolute Gasteiger partial charge is 0.466 e. The zero-order chi connectivity index (χ0) is 19.2. The lowest BCUT2D eigenvalue weighted by molar-refractivity contribution is -0.138. The Hall–Kier alpha value is -3.34. The van der Waals surface area contributed by atoms with Crippen molar-refractivity contribution in [2.75, 3.05) is 19.1 Å². The van der Waals surface area contributed by atoms with Gasteiger partial charge >= 0.3 is 11.9 Å². The van der Waals surface area contributed by atoms with Crippen molar-refractivity contribution in [2.24, 2.45) is 0 Å². The van der Waals surface area contributed by atoms with Crippen molar-refractivity contribution in [3.8, 4) is 0 Å². The van der Waals surface area contributed by atoms with Gasteiger partial charge in [0.25, 0.3) is 0 Å². The number of rotatable bonds is 5. The van der Waals surface area contributed by atoms with Gasteiger partial charge in [-0.2, -0.15) is 0 Å². The Morgan fingerprint density at radius 1 is 0.778 bits per heavy atom. The quantitative estimate of drug-likeness (QED) is 0.747. The zero-order valence-corrected chi connectivity index (χ0v) is 15.3. The van der Waals surface area contributed by atoms with Crippen LogP contribution in [0.1, 0.15) is 12.8 Å². The molecule has 1 aliphatic rings. The van der Waals surface area contributed by atoms with E-state index < -0.39 is 11.9 Å². The molecule has 0 saturated heterocycles. The van der Waals surface area contributed by atoms with Gasteiger partial charge in [-0.1, -0.05) is 36.4 Å². The second kappa shape index (κ2) is 8.36. The maximum Gasteiger partial charge on any atom is 0.335 e. The summed E-state index contributed by atoms with van der Waals surface area (Å²) in [6.07, 6.45) is 2.55. The molecule has 0 spiro atoms. The van der Waals surface area contributed by atoms with Gasteiger partial charge in [0.15, 0.2) is 0 Å². The molecule has 0 radical (unpaired) electrons. The maximum absolute atomic E-state index is 12.4. The number of allylic oxidation sites excluding steroid dienone is 1. The second-order valence-electron chi connectivity index (χ2n) is 6.02. The SMILES string of the molecule is COC(=O)C1=CC(N(c2ccccc2)c2ccccc2)=C(C(=O)OC)CC1. The van der Waals surface area contributed by atoms with E-state index >= 15 is 0 Å². The third kappa shape index (κ3) is 3.92. The summed E-state index contributed by atoms with van der Waals surface area (Å²) in [6.45, 7) is 0. The van der Waals surface area contributed by atoms with Gasteiger partial charge in [0.1, 0.15) is 0 Å². The first-order valence-electron chi connectivity index (χ1n) is 8.66. The molecule has 0 N–H and O–H groups in total. The van der Waals surface area contributed by atoms with Crippen molar-refractivity contribution in [3.63, 3.8) is 0 Å². The highest BCUT2D eigenvalue weighted by atomic mass is 16.5. The van der Waals surface area contributed by atoms with Crippen LogP contribution in [0.4, 0.5) is 11.4 Å². The first-order valence-corrected chi connectivity index (χ1v) is 8.66. The molecule has 0 aliphatic heterocycles. The van der Waals surface area contributed by atoms with E-state index in [1.807, 2.05) is 65.6 Å². The molecule has 0 aromatic heterocycles. The molecule has 0 saturated carbocycles. The molecule has 2 aromatic carbocycles. The van der Waals surface area contributed by atoms with Crippen LogP contribution < -0.4 is 4.90 Å². The lowest BCUT2D eigenvalue weighted by atomic mass is 9.94. The number of esters is 2. The number of para-hydroxylation sites is 2. The van der Waals surface area contributed by atoms with Gasteiger partial charge in [0.2, 0.25) is 0 Å². The summed E-state index contributed by atoms with van der Waals surface area (Å²) in [5.74, 6) is -0.792. The molecule has 5 heteroatoms. The van der Waals surface area contributed by atoms with E-state index in [1.165, 1.54) is 14.2 Å². The van der Waals surface area contributed by atoms with Crippen LogP contribution in [0.3, 0.4) is 0 Å². The Morgan fingerprint density at radius 2 is 1.30 bits per heavy atom. The van der Waals surface area contributed by atoms with Crippen molar-refractivity contribution in [2.45, 2.75) is 12.8 Å². The van der Waals surface area contributed by atoms with Crippen molar-refractivity contribution in [3.05, 3.63) is 83.6 Å². The fourth-order valence-electron chi connectivity index (χ4n) is 3.11.